The zero-order chi connectivity index (χ0) is 7.56. The number of hydrogen-bond donors (Lipinski definition) is 2. The van der Waals surface area contributed by atoms with Gasteiger partial charge in [0.1, 0.15) is 0 Å². The van der Waals surface area contributed by atoms with Crippen LogP contribution in [0.25, 0.3) is 0 Å². The number of aliphatic hydroxyl groups excluding tert-OH is 1. The lowest BCUT2D eigenvalue weighted by molar-refractivity contribution is -0.245. The number of carbonyl (C=O) groups excluding carboxylic acids is 1. The highest BCUT2D eigenvalue weighted by Crippen LogP contribution is 2.29. The Morgan fingerprint density at radius 2 is 2.20 bits per heavy atom. The van der Waals surface area contributed by atoms with Crippen molar-refractivity contribution < 1.29 is 20.0 Å². The van der Waals surface area contributed by atoms with Gasteiger partial charge in [-0.15, -0.1) is 0 Å². The van der Waals surface area contributed by atoms with Gasteiger partial charge in [-0.25, -0.2) is 4.79 Å². The van der Waals surface area contributed by atoms with E-state index in [1.165, 1.54) is 0 Å². The Morgan fingerprint density at radius 3 is 2.50 bits per heavy atom. The van der Waals surface area contributed by atoms with E-state index < -0.39 is 12.1 Å². The van der Waals surface area contributed by atoms with Crippen molar-refractivity contribution in [2.45, 2.75) is 25.4 Å². The van der Waals surface area contributed by atoms with Gasteiger partial charge in [-0.3, -0.25) is 4.89 Å². The second kappa shape index (κ2) is 2.98. The van der Waals surface area contributed by atoms with Gasteiger partial charge in [-0.1, -0.05) is 6.42 Å². The van der Waals surface area contributed by atoms with Crippen molar-refractivity contribution in [3.63, 3.8) is 0 Å². The maximum absolute atomic E-state index is 10.4. The second-order valence-electron chi connectivity index (χ2n) is 2.55. The molecule has 0 spiro atoms. The maximum Gasteiger partial charge on any atom is 0.370 e. The topological polar surface area (TPSA) is 66.8 Å². The molecule has 0 aromatic carbocycles. The molecule has 1 saturated carbocycles. The lowest BCUT2D eigenvalue weighted by Crippen LogP contribution is -2.34. The predicted molar refractivity (Wildman–Crippen MR) is 32.1 cm³/mol. The summed E-state index contributed by atoms with van der Waals surface area (Å²) < 4.78 is 0. The van der Waals surface area contributed by atoms with E-state index in [4.69, 9.17) is 10.4 Å². The summed E-state index contributed by atoms with van der Waals surface area (Å²) in [5.74, 6) is -0.940. The van der Waals surface area contributed by atoms with Gasteiger partial charge in [0.2, 0.25) is 0 Å². The fourth-order valence-electron chi connectivity index (χ4n) is 1.00. The van der Waals surface area contributed by atoms with Gasteiger partial charge in [0.15, 0.2) is 6.10 Å². The van der Waals surface area contributed by atoms with Crippen LogP contribution in [0.4, 0.5) is 0 Å². The lowest BCUT2D eigenvalue weighted by atomic mass is 9.81. The van der Waals surface area contributed by atoms with E-state index in [9.17, 15) is 4.79 Å². The number of aliphatic hydroxyl groups is 1. The van der Waals surface area contributed by atoms with Crippen LogP contribution in [0.15, 0.2) is 0 Å². The minimum absolute atomic E-state index is 0.000324. The molecule has 0 aliphatic heterocycles. The first-order valence-corrected chi connectivity index (χ1v) is 3.29. The van der Waals surface area contributed by atoms with Crippen LogP contribution in [-0.2, 0) is 9.68 Å². The molecule has 1 aliphatic rings. The summed E-state index contributed by atoms with van der Waals surface area (Å²) in [7, 11) is 0. The van der Waals surface area contributed by atoms with Crippen LogP contribution in [0.5, 0.6) is 0 Å². The molecule has 0 aromatic heterocycles. The van der Waals surface area contributed by atoms with Crippen LogP contribution in [-0.4, -0.2) is 22.4 Å². The highest BCUT2D eigenvalue weighted by atomic mass is 17.1. The minimum Gasteiger partial charge on any atom is -0.381 e. The summed E-state index contributed by atoms with van der Waals surface area (Å²) in [5.41, 5.74) is 0. The fraction of sp³-hybridized carbons (Fsp3) is 0.833. The molecule has 1 atom stereocenters. The maximum atomic E-state index is 10.4. The van der Waals surface area contributed by atoms with E-state index in [2.05, 4.69) is 4.89 Å². The molecule has 0 heterocycles. The van der Waals surface area contributed by atoms with E-state index in [-0.39, 0.29) is 5.92 Å². The fourth-order valence-corrected chi connectivity index (χ4v) is 1.00. The first-order chi connectivity index (χ1) is 4.75. The molecular formula is C6H10O4. The third-order valence-corrected chi connectivity index (χ3v) is 1.93. The van der Waals surface area contributed by atoms with Crippen molar-refractivity contribution in [1.29, 1.82) is 0 Å². The molecule has 4 heteroatoms. The molecule has 1 fully saturated rings. The monoisotopic (exact) mass is 146 g/mol. The summed E-state index contributed by atoms with van der Waals surface area (Å²) in [6.07, 6.45) is 1.60. The predicted octanol–water partition coefficient (Wildman–Crippen LogP) is 0.164. The Kier molecular flexibility index (Phi) is 2.24. The van der Waals surface area contributed by atoms with Gasteiger partial charge in [0.25, 0.3) is 0 Å². The van der Waals surface area contributed by atoms with Gasteiger partial charge in [0.05, 0.1) is 0 Å². The normalized spacial score (nSPS) is 21.4. The van der Waals surface area contributed by atoms with E-state index >= 15 is 0 Å². The van der Waals surface area contributed by atoms with E-state index in [0.717, 1.165) is 19.3 Å². The van der Waals surface area contributed by atoms with Crippen LogP contribution in [0.2, 0.25) is 0 Å². The SMILES string of the molecule is O=C(OO)C(O)C1CCC1. The zero-order valence-electron chi connectivity index (χ0n) is 5.49. The smallest absolute Gasteiger partial charge is 0.370 e. The molecule has 10 heavy (non-hydrogen) atoms. The largest absolute Gasteiger partial charge is 0.381 e. The molecule has 0 bridgehead atoms. The van der Waals surface area contributed by atoms with Crippen LogP contribution < -0.4 is 0 Å². The van der Waals surface area contributed by atoms with Gasteiger partial charge in [-0.2, -0.15) is 5.26 Å². The Hall–Kier alpha value is -0.610. The minimum atomic E-state index is -1.13. The van der Waals surface area contributed by atoms with Crippen LogP contribution in [0.3, 0.4) is 0 Å². The number of hydrogen-bond acceptors (Lipinski definition) is 4. The first-order valence-electron chi connectivity index (χ1n) is 3.29. The molecule has 0 amide bonds. The number of carbonyl (C=O) groups is 1. The quantitative estimate of drug-likeness (QED) is 0.430. The molecule has 2 N–H and O–H groups in total. The summed E-state index contributed by atoms with van der Waals surface area (Å²) in [4.78, 5) is 13.8. The van der Waals surface area contributed by atoms with Crippen molar-refractivity contribution in [3.05, 3.63) is 0 Å². The van der Waals surface area contributed by atoms with Crippen LogP contribution in [0, 0.1) is 5.92 Å². The Morgan fingerprint density at radius 1 is 1.60 bits per heavy atom. The first kappa shape index (κ1) is 7.50. The molecule has 4 nitrogen and oxygen atoms in total. The summed E-state index contributed by atoms with van der Waals surface area (Å²) in [6.45, 7) is 0. The summed E-state index contributed by atoms with van der Waals surface area (Å²) in [5, 5.41) is 16.9. The van der Waals surface area contributed by atoms with E-state index in [1.807, 2.05) is 0 Å². The third kappa shape index (κ3) is 1.27. The average molecular weight is 146 g/mol. The molecule has 0 radical (unpaired) electrons. The highest BCUT2D eigenvalue weighted by Gasteiger charge is 2.32. The zero-order valence-corrected chi connectivity index (χ0v) is 5.49. The second-order valence-corrected chi connectivity index (χ2v) is 2.55. The molecule has 1 rings (SSSR count). The molecule has 0 aromatic rings. The standard InChI is InChI=1S/C6H10O4/c7-5(6(8)10-9)4-2-1-3-4/h4-5,7,9H,1-3H2. The third-order valence-electron chi connectivity index (χ3n) is 1.93. The summed E-state index contributed by atoms with van der Waals surface area (Å²) >= 11 is 0. The van der Waals surface area contributed by atoms with Gasteiger partial charge >= 0.3 is 5.97 Å². The van der Waals surface area contributed by atoms with Gasteiger partial charge in [0, 0.05) is 0 Å². The van der Waals surface area contributed by atoms with Crippen LogP contribution in [0.1, 0.15) is 19.3 Å². The molecular weight excluding hydrogens is 136 g/mol. The molecule has 58 valence electrons. The van der Waals surface area contributed by atoms with Gasteiger partial charge in [-0.05, 0) is 18.8 Å². The summed E-state index contributed by atoms with van der Waals surface area (Å²) in [6, 6.07) is 0. The van der Waals surface area contributed by atoms with Crippen molar-refractivity contribution in [3.8, 4) is 0 Å². The molecule has 1 unspecified atom stereocenters. The highest BCUT2D eigenvalue weighted by molar-refractivity contribution is 5.74. The Labute approximate surface area is 58.4 Å². The number of rotatable bonds is 2. The van der Waals surface area contributed by atoms with Crippen molar-refractivity contribution in [1.82, 2.24) is 0 Å². The average Bonchev–Trinajstić information content (AvgIpc) is 1.82. The van der Waals surface area contributed by atoms with Gasteiger partial charge < -0.3 is 5.11 Å². The van der Waals surface area contributed by atoms with Crippen molar-refractivity contribution in [2.75, 3.05) is 0 Å². The van der Waals surface area contributed by atoms with Crippen molar-refractivity contribution in [2.24, 2.45) is 5.92 Å². The van der Waals surface area contributed by atoms with Crippen molar-refractivity contribution >= 4 is 5.97 Å². The lowest BCUT2D eigenvalue weighted by Gasteiger charge is -2.27. The molecule has 1 aliphatic carbocycles. The Balaban J connectivity index is 2.31. The van der Waals surface area contributed by atoms with E-state index in [0.29, 0.717) is 0 Å². The molecule has 0 saturated heterocycles. The van der Waals surface area contributed by atoms with E-state index in [1.54, 1.807) is 0 Å². The Bertz CT molecular complexity index is 130. The van der Waals surface area contributed by atoms with Crippen LogP contribution >= 0.6 is 0 Å².